The summed E-state index contributed by atoms with van der Waals surface area (Å²) < 4.78 is 15.6. The molecule has 4 aliphatic carbocycles. The quantitative estimate of drug-likeness (QED) is 0.323. The van der Waals surface area contributed by atoms with Gasteiger partial charge in [0, 0.05) is 20.1 Å². The molecule has 0 aromatic carbocycles. The van der Waals surface area contributed by atoms with Gasteiger partial charge in [-0.25, -0.2) is 0 Å². The number of allylic oxidation sites excluding steroid dienone is 2. The molecule has 5 aliphatic rings. The first-order chi connectivity index (χ1) is 9.19. The minimum atomic E-state index is -0.343. The molecule has 0 spiro atoms. The molecule has 1 heterocycles. The van der Waals surface area contributed by atoms with Gasteiger partial charge in [0.1, 0.15) is 0 Å². The van der Waals surface area contributed by atoms with Crippen molar-refractivity contribution < 1.29 is 23.8 Å². The van der Waals surface area contributed by atoms with Gasteiger partial charge in [0.05, 0.1) is 11.8 Å². The molecule has 19 heavy (non-hydrogen) atoms. The molecule has 0 amide bonds. The number of hydrogen-bond acceptors (Lipinski definition) is 5. The normalized spacial score (nSPS) is 49.3. The number of methoxy groups -OCH3 is 2. The van der Waals surface area contributed by atoms with Crippen LogP contribution in [0.3, 0.4) is 0 Å². The topological polar surface area (TPSA) is 61.8 Å². The van der Waals surface area contributed by atoms with Crippen LogP contribution in [-0.4, -0.2) is 32.4 Å². The van der Waals surface area contributed by atoms with E-state index in [0.29, 0.717) is 11.8 Å². The maximum Gasteiger partial charge on any atom is 0.318 e. The second-order valence-electron chi connectivity index (χ2n) is 5.90. The second-order valence-corrected chi connectivity index (χ2v) is 5.90. The number of rotatable bonds is 3. The first-order valence-corrected chi connectivity index (χ1v) is 6.68. The fourth-order valence-corrected chi connectivity index (χ4v) is 4.74. The summed E-state index contributed by atoms with van der Waals surface area (Å²) in [4.78, 5) is 23.7. The average Bonchev–Trinajstić information content (AvgIpc) is 3.09. The highest BCUT2D eigenvalue weighted by molar-refractivity contribution is 5.97. The van der Waals surface area contributed by atoms with Gasteiger partial charge in [-0.2, -0.15) is 0 Å². The van der Waals surface area contributed by atoms with Crippen LogP contribution in [0.15, 0.2) is 12.2 Å². The Balaban J connectivity index is 1.68. The van der Waals surface area contributed by atoms with Gasteiger partial charge in [-0.05, 0) is 23.7 Å². The minimum Gasteiger partial charge on any atom is -0.393 e. The van der Waals surface area contributed by atoms with E-state index in [-0.39, 0.29) is 47.8 Å². The van der Waals surface area contributed by atoms with E-state index in [2.05, 4.69) is 12.2 Å². The van der Waals surface area contributed by atoms with E-state index < -0.39 is 0 Å². The lowest BCUT2D eigenvalue weighted by Crippen LogP contribution is -2.40. The predicted octanol–water partition coefficient (Wildman–Crippen LogP) is 0.599. The largest absolute Gasteiger partial charge is 0.393 e. The molecule has 0 aromatic rings. The summed E-state index contributed by atoms with van der Waals surface area (Å²) in [6.45, 7) is 0. The van der Waals surface area contributed by atoms with E-state index in [0.717, 1.165) is 0 Å². The van der Waals surface area contributed by atoms with E-state index in [1.54, 1.807) is 14.2 Å². The highest BCUT2D eigenvalue weighted by Gasteiger charge is 2.72. The highest BCUT2D eigenvalue weighted by atomic mass is 16.7. The van der Waals surface area contributed by atoms with Crippen molar-refractivity contribution >= 4 is 11.9 Å². The summed E-state index contributed by atoms with van der Waals surface area (Å²) in [5.41, 5.74) is 0. The predicted molar refractivity (Wildman–Crippen MR) is 62.5 cm³/mol. The van der Waals surface area contributed by atoms with Gasteiger partial charge in [0.2, 0.25) is 0 Å². The third-order valence-electron chi connectivity index (χ3n) is 5.38. The Morgan fingerprint density at radius 1 is 1.00 bits per heavy atom. The van der Waals surface area contributed by atoms with Crippen LogP contribution in [0.25, 0.3) is 0 Å². The van der Waals surface area contributed by atoms with Gasteiger partial charge in [0.25, 0.3) is 0 Å². The number of carbonyl (C=O) groups is 2. The molecule has 1 unspecified atom stereocenters. The van der Waals surface area contributed by atoms with Crippen molar-refractivity contribution in [1.29, 1.82) is 0 Å². The third kappa shape index (κ3) is 1.27. The van der Waals surface area contributed by atoms with Gasteiger partial charge in [-0.15, -0.1) is 0 Å². The smallest absolute Gasteiger partial charge is 0.318 e. The van der Waals surface area contributed by atoms with Crippen molar-refractivity contribution in [3.8, 4) is 0 Å². The molecule has 7 atom stereocenters. The molecule has 5 rings (SSSR count). The second kappa shape index (κ2) is 3.67. The van der Waals surface area contributed by atoms with Crippen LogP contribution in [-0.2, 0) is 23.8 Å². The summed E-state index contributed by atoms with van der Waals surface area (Å²) in [7, 11) is 3.27. The van der Waals surface area contributed by atoms with Crippen LogP contribution in [0.1, 0.15) is 0 Å². The van der Waals surface area contributed by atoms with Crippen LogP contribution in [0, 0.1) is 41.4 Å². The van der Waals surface area contributed by atoms with Crippen molar-refractivity contribution in [3.63, 3.8) is 0 Å². The van der Waals surface area contributed by atoms with Gasteiger partial charge in [0.15, 0.2) is 6.29 Å². The Bertz CT molecular complexity index is 444. The summed E-state index contributed by atoms with van der Waals surface area (Å²) >= 11 is 0. The van der Waals surface area contributed by atoms with Crippen LogP contribution in [0.2, 0.25) is 0 Å². The van der Waals surface area contributed by atoms with Crippen molar-refractivity contribution in [2.24, 2.45) is 41.4 Å². The fourth-order valence-electron chi connectivity index (χ4n) is 4.74. The van der Waals surface area contributed by atoms with Gasteiger partial charge in [-0.1, -0.05) is 12.2 Å². The standard InChI is InChI=1S/C14H16O5/c1-17-14(18-2)11-7-5-3-4-6(8(7)11)10-9(5)12(15)19-13(10)16/h3-11,14H,1-2H3/t5-,6-,7-,8+,9+,10+,11?/m0/s1. The molecule has 0 radical (unpaired) electrons. The Hall–Kier alpha value is -1.20. The lowest BCUT2D eigenvalue weighted by Gasteiger charge is -2.36. The Kier molecular flexibility index (Phi) is 2.24. The van der Waals surface area contributed by atoms with Gasteiger partial charge >= 0.3 is 11.9 Å². The molecule has 0 aromatic heterocycles. The maximum atomic E-state index is 11.8. The monoisotopic (exact) mass is 264 g/mol. The molecule has 5 heteroatoms. The minimum absolute atomic E-state index is 0.108. The van der Waals surface area contributed by atoms with E-state index in [1.165, 1.54) is 0 Å². The summed E-state index contributed by atoms with van der Waals surface area (Å²) in [6, 6.07) is 0. The zero-order valence-corrected chi connectivity index (χ0v) is 10.8. The first kappa shape index (κ1) is 11.6. The first-order valence-electron chi connectivity index (χ1n) is 6.68. The Morgan fingerprint density at radius 2 is 1.47 bits per heavy atom. The lowest BCUT2D eigenvalue weighted by molar-refractivity contribution is -0.154. The summed E-state index contributed by atoms with van der Waals surface area (Å²) in [6.07, 6.45) is 3.94. The lowest BCUT2D eigenvalue weighted by atomic mass is 9.63. The molecule has 1 aliphatic heterocycles. The Morgan fingerprint density at radius 3 is 1.89 bits per heavy atom. The van der Waals surface area contributed by atoms with Crippen LogP contribution < -0.4 is 0 Å². The van der Waals surface area contributed by atoms with Crippen LogP contribution >= 0.6 is 0 Å². The van der Waals surface area contributed by atoms with Crippen molar-refractivity contribution in [3.05, 3.63) is 12.2 Å². The maximum absolute atomic E-state index is 11.8. The summed E-state index contributed by atoms with van der Waals surface area (Å²) in [5, 5.41) is 0. The molecular formula is C14H16O5. The molecule has 2 saturated carbocycles. The van der Waals surface area contributed by atoms with Crippen molar-refractivity contribution in [2.75, 3.05) is 14.2 Å². The molecule has 3 fully saturated rings. The zero-order chi connectivity index (χ0) is 13.3. The molecule has 5 nitrogen and oxygen atoms in total. The van der Waals surface area contributed by atoms with E-state index in [9.17, 15) is 9.59 Å². The molecule has 2 bridgehead atoms. The number of hydrogen-bond donors (Lipinski definition) is 0. The number of esters is 2. The molecule has 1 saturated heterocycles. The van der Waals surface area contributed by atoms with Crippen LogP contribution in [0.4, 0.5) is 0 Å². The SMILES string of the molecule is COC(OC)C1[C@@H]2[C@@H]3C=C[C@H]([C@H]4C(=O)OC(=O)[C@H]34)[C@H]12. The fraction of sp³-hybridized carbons (Fsp3) is 0.714. The average molecular weight is 264 g/mol. The van der Waals surface area contributed by atoms with Gasteiger partial charge in [-0.3, -0.25) is 9.59 Å². The zero-order valence-electron chi connectivity index (χ0n) is 10.8. The van der Waals surface area contributed by atoms with E-state index in [4.69, 9.17) is 14.2 Å². The summed E-state index contributed by atoms with van der Waals surface area (Å²) in [5.74, 6) is 0.0415. The van der Waals surface area contributed by atoms with Gasteiger partial charge < -0.3 is 14.2 Å². The molecular weight excluding hydrogens is 248 g/mol. The van der Waals surface area contributed by atoms with Crippen molar-refractivity contribution in [2.45, 2.75) is 6.29 Å². The Labute approximate surface area is 110 Å². The molecule has 102 valence electrons. The highest BCUT2D eigenvalue weighted by Crippen LogP contribution is 2.69. The van der Waals surface area contributed by atoms with Crippen molar-refractivity contribution in [1.82, 2.24) is 0 Å². The van der Waals surface area contributed by atoms with Crippen LogP contribution in [0.5, 0.6) is 0 Å². The van der Waals surface area contributed by atoms with E-state index >= 15 is 0 Å². The number of cyclic esters (lactones) is 2. The third-order valence-corrected chi connectivity index (χ3v) is 5.38. The molecule has 0 N–H and O–H groups in total. The number of carbonyl (C=O) groups excluding carboxylic acids is 2. The number of ether oxygens (including phenoxy) is 3. The van der Waals surface area contributed by atoms with E-state index in [1.807, 2.05) is 0 Å².